The molecule has 112 valence electrons. The van der Waals surface area contributed by atoms with Crippen molar-refractivity contribution in [3.63, 3.8) is 0 Å². The monoisotopic (exact) mass is 280 g/mol. The van der Waals surface area contributed by atoms with E-state index in [1.807, 2.05) is 26.8 Å². The van der Waals surface area contributed by atoms with E-state index in [0.717, 1.165) is 11.9 Å². The smallest absolute Gasteiger partial charge is 0.146 e. The zero-order valence-electron chi connectivity index (χ0n) is 12.6. The number of methoxy groups -OCH3 is 1. The van der Waals surface area contributed by atoms with E-state index in [1.165, 1.54) is 0 Å². The molecule has 1 saturated carbocycles. The van der Waals surface area contributed by atoms with Gasteiger partial charge in [0.2, 0.25) is 0 Å². The quantitative estimate of drug-likeness (QED) is 0.596. The van der Waals surface area contributed by atoms with Crippen molar-refractivity contribution < 1.29 is 19.7 Å². The lowest BCUT2D eigenvalue weighted by Gasteiger charge is -2.60. The first-order valence-electron chi connectivity index (χ1n) is 7.03. The van der Waals surface area contributed by atoms with Gasteiger partial charge < -0.3 is 14.9 Å². The van der Waals surface area contributed by atoms with Crippen LogP contribution >= 0.6 is 0 Å². The van der Waals surface area contributed by atoms with E-state index in [4.69, 9.17) is 4.74 Å². The number of ether oxygens (including phenoxy) is 1. The highest BCUT2D eigenvalue weighted by molar-refractivity contribution is 5.75. The molecule has 4 heteroatoms. The van der Waals surface area contributed by atoms with Crippen molar-refractivity contribution >= 4 is 6.29 Å². The summed E-state index contributed by atoms with van der Waals surface area (Å²) < 4.78 is 5.34. The fourth-order valence-electron chi connectivity index (χ4n) is 3.65. The molecule has 0 aromatic carbocycles. The third kappa shape index (κ3) is 2.16. The van der Waals surface area contributed by atoms with Crippen molar-refractivity contribution in [2.24, 2.45) is 11.3 Å². The van der Waals surface area contributed by atoms with E-state index in [9.17, 15) is 15.0 Å². The number of carbonyl (C=O) groups excluding carboxylic acids is 1. The van der Waals surface area contributed by atoms with E-state index in [0.29, 0.717) is 18.4 Å². The van der Waals surface area contributed by atoms with Crippen LogP contribution in [0.2, 0.25) is 0 Å². The highest BCUT2D eigenvalue weighted by atomic mass is 16.5. The Morgan fingerprint density at radius 2 is 2.05 bits per heavy atom. The summed E-state index contributed by atoms with van der Waals surface area (Å²) in [4.78, 5) is 11.4. The Hall–Kier alpha value is -0.970. The summed E-state index contributed by atoms with van der Waals surface area (Å²) in [5.74, 6) is -0.332. The molecule has 0 spiro atoms. The molecule has 2 aliphatic rings. The van der Waals surface area contributed by atoms with E-state index >= 15 is 0 Å². The minimum Gasteiger partial charge on any atom is -0.390 e. The Kier molecular flexibility index (Phi) is 3.93. The maximum Gasteiger partial charge on any atom is 0.146 e. The predicted molar refractivity (Wildman–Crippen MR) is 76.2 cm³/mol. The van der Waals surface area contributed by atoms with Crippen molar-refractivity contribution in [2.75, 3.05) is 7.11 Å². The zero-order valence-corrected chi connectivity index (χ0v) is 12.6. The Balaban J connectivity index is 2.49. The summed E-state index contributed by atoms with van der Waals surface area (Å²) in [5, 5.41) is 21.5. The summed E-state index contributed by atoms with van der Waals surface area (Å²) in [5.41, 5.74) is -0.213. The molecule has 0 aliphatic heterocycles. The average molecular weight is 280 g/mol. The van der Waals surface area contributed by atoms with Crippen LogP contribution in [0.25, 0.3) is 0 Å². The summed E-state index contributed by atoms with van der Waals surface area (Å²) in [6.45, 7) is 5.76. The van der Waals surface area contributed by atoms with Gasteiger partial charge in [-0.2, -0.15) is 0 Å². The molecule has 0 aromatic heterocycles. The van der Waals surface area contributed by atoms with Crippen LogP contribution in [-0.4, -0.2) is 41.4 Å². The van der Waals surface area contributed by atoms with Gasteiger partial charge in [0.25, 0.3) is 0 Å². The molecular formula is C16H24O4. The molecule has 0 amide bonds. The van der Waals surface area contributed by atoms with Crippen molar-refractivity contribution in [1.29, 1.82) is 0 Å². The van der Waals surface area contributed by atoms with Crippen LogP contribution in [0.3, 0.4) is 0 Å². The summed E-state index contributed by atoms with van der Waals surface area (Å²) in [6, 6.07) is 0. The Morgan fingerprint density at radius 1 is 1.40 bits per heavy atom. The molecule has 0 heterocycles. The molecule has 0 radical (unpaired) electrons. The number of aliphatic hydroxyl groups is 2. The fraction of sp³-hybridized carbons (Fsp3) is 0.688. The first-order chi connectivity index (χ1) is 9.26. The van der Waals surface area contributed by atoms with Crippen molar-refractivity contribution in [2.45, 2.75) is 51.4 Å². The topological polar surface area (TPSA) is 66.8 Å². The van der Waals surface area contributed by atoms with Crippen molar-refractivity contribution in [1.82, 2.24) is 0 Å². The third-order valence-electron chi connectivity index (χ3n) is 4.97. The summed E-state index contributed by atoms with van der Waals surface area (Å²) in [6.07, 6.45) is 4.29. The normalized spacial score (nSPS) is 45.4. The van der Waals surface area contributed by atoms with Crippen LogP contribution in [0.4, 0.5) is 0 Å². The first-order valence-corrected chi connectivity index (χ1v) is 7.03. The molecule has 2 rings (SSSR count). The SMILES string of the molecule is CO[C@@H]1/C=C(\C)C[C@H](O)[C@]2(O)[C@H](CC2(C)C)/C(C=O)=C\1. The van der Waals surface area contributed by atoms with Gasteiger partial charge in [0, 0.05) is 13.0 Å². The lowest BCUT2D eigenvalue weighted by atomic mass is 9.48. The summed E-state index contributed by atoms with van der Waals surface area (Å²) in [7, 11) is 1.58. The highest BCUT2D eigenvalue weighted by Crippen LogP contribution is 2.59. The van der Waals surface area contributed by atoms with Crippen LogP contribution in [0, 0.1) is 11.3 Å². The molecule has 1 fully saturated rings. The van der Waals surface area contributed by atoms with Crippen LogP contribution in [0.5, 0.6) is 0 Å². The van der Waals surface area contributed by atoms with E-state index in [2.05, 4.69) is 0 Å². The Bertz CT molecular complexity index is 463. The fourth-order valence-corrected chi connectivity index (χ4v) is 3.65. The Labute approximate surface area is 120 Å². The van der Waals surface area contributed by atoms with Crippen LogP contribution < -0.4 is 0 Å². The predicted octanol–water partition coefficient (Wildman–Crippen LogP) is 1.61. The van der Waals surface area contributed by atoms with Gasteiger partial charge in [-0.15, -0.1) is 0 Å². The van der Waals surface area contributed by atoms with E-state index in [-0.39, 0.29) is 12.0 Å². The molecule has 20 heavy (non-hydrogen) atoms. The molecule has 0 unspecified atom stereocenters. The minimum atomic E-state index is -1.27. The van der Waals surface area contributed by atoms with Gasteiger partial charge in [0.1, 0.15) is 11.9 Å². The number of carbonyl (C=O) groups is 1. The second kappa shape index (κ2) is 5.10. The van der Waals surface area contributed by atoms with Crippen molar-refractivity contribution in [3.05, 3.63) is 23.3 Å². The molecule has 0 bridgehead atoms. The van der Waals surface area contributed by atoms with E-state index in [1.54, 1.807) is 13.2 Å². The minimum absolute atomic E-state index is 0.298. The van der Waals surface area contributed by atoms with Gasteiger partial charge in [-0.3, -0.25) is 4.79 Å². The van der Waals surface area contributed by atoms with Crippen LogP contribution in [0.15, 0.2) is 23.3 Å². The van der Waals surface area contributed by atoms with E-state index < -0.39 is 17.1 Å². The molecule has 2 N–H and O–H groups in total. The number of aliphatic hydroxyl groups excluding tert-OH is 1. The van der Waals surface area contributed by atoms with Gasteiger partial charge >= 0.3 is 0 Å². The second-order valence-corrected chi connectivity index (χ2v) is 6.68. The number of aldehydes is 1. The average Bonchev–Trinajstić information content (AvgIpc) is 2.41. The maximum atomic E-state index is 11.4. The van der Waals surface area contributed by atoms with Crippen molar-refractivity contribution in [3.8, 4) is 0 Å². The molecule has 4 nitrogen and oxygen atoms in total. The molecule has 2 aliphatic carbocycles. The van der Waals surface area contributed by atoms with Crippen LogP contribution in [0.1, 0.15) is 33.6 Å². The zero-order chi connectivity index (χ0) is 15.1. The van der Waals surface area contributed by atoms with Crippen LogP contribution in [-0.2, 0) is 9.53 Å². The van der Waals surface area contributed by atoms with Gasteiger partial charge in [-0.05, 0) is 36.8 Å². The third-order valence-corrected chi connectivity index (χ3v) is 4.97. The lowest BCUT2D eigenvalue weighted by Crippen LogP contribution is -2.68. The second-order valence-electron chi connectivity index (χ2n) is 6.68. The molecular weight excluding hydrogens is 256 g/mol. The van der Waals surface area contributed by atoms with Gasteiger partial charge in [0.05, 0.1) is 12.2 Å². The summed E-state index contributed by atoms with van der Waals surface area (Å²) >= 11 is 0. The molecule has 4 atom stereocenters. The van der Waals surface area contributed by atoms with Gasteiger partial charge in [-0.25, -0.2) is 0 Å². The number of fused-ring (bicyclic) bond motifs is 1. The number of hydrogen-bond acceptors (Lipinski definition) is 4. The molecule has 0 aromatic rings. The Morgan fingerprint density at radius 3 is 2.55 bits per heavy atom. The lowest BCUT2D eigenvalue weighted by molar-refractivity contribution is -0.241. The van der Waals surface area contributed by atoms with Gasteiger partial charge in [0.15, 0.2) is 0 Å². The standard InChI is InChI=1S/C16H24O4/c1-10-5-12(20-4)7-11(9-17)13-8-15(2,3)16(13,19)14(18)6-10/h5,7,9,12-14,18-19H,6,8H2,1-4H3/b10-5+,11-7-/t12-,13-,14+,16-/m1/s1. The number of hydrogen-bond donors (Lipinski definition) is 2. The van der Waals surface area contributed by atoms with Gasteiger partial charge in [-0.1, -0.05) is 25.5 Å². The highest BCUT2D eigenvalue weighted by Gasteiger charge is 2.64. The number of rotatable bonds is 2. The first kappa shape index (κ1) is 15.4. The maximum absolute atomic E-state index is 11.4. The largest absolute Gasteiger partial charge is 0.390 e. The molecule has 0 saturated heterocycles.